The van der Waals surface area contributed by atoms with Gasteiger partial charge in [-0.05, 0) is 50.3 Å². The third kappa shape index (κ3) is 4.97. The molecule has 1 fully saturated rings. The summed E-state index contributed by atoms with van der Waals surface area (Å²) in [5.41, 5.74) is 5.34. The van der Waals surface area contributed by atoms with E-state index in [1.807, 2.05) is 30.3 Å². The number of carbonyl (C=O) groups excluding carboxylic acids is 1. The molecule has 0 amide bonds. The third-order valence-corrected chi connectivity index (χ3v) is 6.10. The van der Waals surface area contributed by atoms with Crippen molar-refractivity contribution < 1.29 is 4.79 Å². The standard InChI is InChI=1S/C26H32N2O/c1-26(2)17-21-14-13-19(18-27-22-11-7-4-8-12-22)15-23(21)24(28-26)16-25(29)20-9-5-3-6-10-20/h3,5-6,9-10,13-16,22,27-28H,4,7-8,11-12,17-18H2,1-2H3. The van der Waals surface area contributed by atoms with Crippen LogP contribution < -0.4 is 10.6 Å². The molecule has 3 heteroatoms. The Morgan fingerprint density at radius 2 is 1.86 bits per heavy atom. The van der Waals surface area contributed by atoms with Gasteiger partial charge in [-0.2, -0.15) is 0 Å². The summed E-state index contributed by atoms with van der Waals surface area (Å²) in [5, 5.41) is 7.34. The molecule has 0 aromatic heterocycles. The molecular formula is C26H32N2O. The average Bonchev–Trinajstić information content (AvgIpc) is 2.73. The van der Waals surface area contributed by atoms with Gasteiger partial charge in [0.15, 0.2) is 5.78 Å². The van der Waals surface area contributed by atoms with Gasteiger partial charge in [-0.1, -0.05) is 61.7 Å². The van der Waals surface area contributed by atoms with Crippen molar-refractivity contribution in [3.05, 3.63) is 76.9 Å². The van der Waals surface area contributed by atoms with Gasteiger partial charge in [0.2, 0.25) is 0 Å². The van der Waals surface area contributed by atoms with Crippen molar-refractivity contribution in [2.45, 2.75) is 70.5 Å². The van der Waals surface area contributed by atoms with Crippen LogP contribution in [-0.2, 0) is 13.0 Å². The van der Waals surface area contributed by atoms with Crippen molar-refractivity contribution in [1.82, 2.24) is 10.6 Å². The van der Waals surface area contributed by atoms with Gasteiger partial charge >= 0.3 is 0 Å². The maximum Gasteiger partial charge on any atom is 0.187 e. The molecule has 0 spiro atoms. The zero-order valence-electron chi connectivity index (χ0n) is 17.6. The molecule has 0 unspecified atom stereocenters. The van der Waals surface area contributed by atoms with Gasteiger partial charge in [0.1, 0.15) is 0 Å². The Balaban J connectivity index is 1.58. The van der Waals surface area contributed by atoms with E-state index >= 15 is 0 Å². The third-order valence-electron chi connectivity index (χ3n) is 6.10. The smallest absolute Gasteiger partial charge is 0.187 e. The van der Waals surface area contributed by atoms with Crippen molar-refractivity contribution in [3.63, 3.8) is 0 Å². The summed E-state index contributed by atoms with van der Waals surface area (Å²) in [4.78, 5) is 12.8. The largest absolute Gasteiger partial charge is 0.379 e. The quantitative estimate of drug-likeness (QED) is 0.542. The second kappa shape index (κ2) is 8.54. The predicted molar refractivity (Wildman–Crippen MR) is 120 cm³/mol. The molecule has 0 radical (unpaired) electrons. The summed E-state index contributed by atoms with van der Waals surface area (Å²) in [6, 6.07) is 16.9. The molecule has 0 atom stereocenters. The van der Waals surface area contributed by atoms with Crippen molar-refractivity contribution in [1.29, 1.82) is 0 Å². The topological polar surface area (TPSA) is 41.1 Å². The molecule has 1 heterocycles. The van der Waals surface area contributed by atoms with Gasteiger partial charge in [-0.15, -0.1) is 0 Å². The summed E-state index contributed by atoms with van der Waals surface area (Å²) >= 11 is 0. The Hall–Kier alpha value is -2.39. The van der Waals surface area contributed by atoms with E-state index in [1.54, 1.807) is 6.08 Å². The Morgan fingerprint density at radius 1 is 1.10 bits per heavy atom. The highest BCUT2D eigenvalue weighted by Gasteiger charge is 2.28. The summed E-state index contributed by atoms with van der Waals surface area (Å²) in [6.45, 7) is 5.27. The second-order valence-electron chi connectivity index (χ2n) is 9.18. The van der Waals surface area contributed by atoms with Gasteiger partial charge in [0.25, 0.3) is 0 Å². The number of allylic oxidation sites excluding steroid dienone is 1. The van der Waals surface area contributed by atoms with Crippen molar-refractivity contribution >= 4 is 11.5 Å². The first-order valence-electron chi connectivity index (χ1n) is 10.9. The summed E-state index contributed by atoms with van der Waals surface area (Å²) in [6.07, 6.45) is 9.37. The van der Waals surface area contributed by atoms with Crippen LogP contribution in [0.15, 0.2) is 54.6 Å². The lowest BCUT2D eigenvalue weighted by Gasteiger charge is -2.36. The summed E-state index contributed by atoms with van der Waals surface area (Å²) < 4.78 is 0. The fourth-order valence-corrected chi connectivity index (χ4v) is 4.59. The number of hydrogen-bond donors (Lipinski definition) is 2. The average molecular weight is 389 g/mol. The van der Waals surface area contributed by atoms with E-state index in [0.717, 1.165) is 29.8 Å². The van der Waals surface area contributed by atoms with Gasteiger partial charge in [-0.3, -0.25) is 4.79 Å². The lowest BCUT2D eigenvalue weighted by atomic mass is 9.84. The van der Waals surface area contributed by atoms with Crippen LogP contribution in [0.1, 0.15) is 73.0 Å². The second-order valence-corrected chi connectivity index (χ2v) is 9.18. The van der Waals surface area contributed by atoms with Crippen LogP contribution in [0.2, 0.25) is 0 Å². The first-order valence-corrected chi connectivity index (χ1v) is 10.9. The van der Waals surface area contributed by atoms with E-state index in [4.69, 9.17) is 0 Å². The number of rotatable bonds is 5. The molecule has 1 aliphatic heterocycles. The highest BCUT2D eigenvalue weighted by Crippen LogP contribution is 2.31. The maximum absolute atomic E-state index is 12.8. The van der Waals surface area contributed by atoms with Crippen LogP contribution in [0.5, 0.6) is 0 Å². The summed E-state index contributed by atoms with van der Waals surface area (Å²) in [5.74, 6) is 0.0440. The van der Waals surface area contributed by atoms with E-state index in [-0.39, 0.29) is 11.3 Å². The molecule has 0 bridgehead atoms. The monoisotopic (exact) mass is 388 g/mol. The normalized spacial score (nSPS) is 20.1. The zero-order valence-corrected chi connectivity index (χ0v) is 17.6. The van der Waals surface area contributed by atoms with Crippen molar-refractivity contribution in [3.8, 4) is 0 Å². The van der Waals surface area contributed by atoms with Crippen molar-refractivity contribution in [2.24, 2.45) is 0 Å². The summed E-state index contributed by atoms with van der Waals surface area (Å²) in [7, 11) is 0. The molecule has 2 N–H and O–H groups in total. The van der Waals surface area contributed by atoms with Crippen LogP contribution in [0.3, 0.4) is 0 Å². The first-order chi connectivity index (χ1) is 14.0. The Kier molecular flexibility index (Phi) is 5.86. The highest BCUT2D eigenvalue weighted by molar-refractivity contribution is 6.08. The highest BCUT2D eigenvalue weighted by atomic mass is 16.1. The number of carbonyl (C=O) groups is 1. The molecule has 4 rings (SSSR count). The molecule has 2 aromatic carbocycles. The van der Waals surface area contributed by atoms with E-state index in [2.05, 4.69) is 42.7 Å². The van der Waals surface area contributed by atoms with E-state index in [1.165, 1.54) is 43.2 Å². The molecule has 3 nitrogen and oxygen atoms in total. The number of benzene rings is 2. The zero-order chi connectivity index (χ0) is 20.3. The Labute approximate surface area is 174 Å². The fourth-order valence-electron chi connectivity index (χ4n) is 4.59. The molecule has 1 aliphatic carbocycles. The minimum Gasteiger partial charge on any atom is -0.379 e. The number of ketones is 1. The number of nitrogens with one attached hydrogen (secondary N) is 2. The lowest BCUT2D eigenvalue weighted by Crippen LogP contribution is -2.44. The van der Waals surface area contributed by atoms with Gasteiger partial charge < -0.3 is 10.6 Å². The number of fused-ring (bicyclic) bond motifs is 1. The van der Waals surface area contributed by atoms with Crippen LogP contribution in [0.4, 0.5) is 0 Å². The van der Waals surface area contributed by atoms with Crippen molar-refractivity contribution in [2.75, 3.05) is 0 Å². The van der Waals surface area contributed by atoms with Gasteiger partial charge in [0.05, 0.1) is 0 Å². The molecule has 0 saturated heterocycles. The van der Waals surface area contributed by atoms with Crippen LogP contribution in [-0.4, -0.2) is 17.4 Å². The fraction of sp³-hybridized carbons (Fsp3) is 0.423. The Morgan fingerprint density at radius 3 is 2.62 bits per heavy atom. The lowest BCUT2D eigenvalue weighted by molar-refractivity contribution is 0.104. The van der Waals surface area contributed by atoms with E-state index in [9.17, 15) is 4.79 Å². The molecule has 2 aromatic rings. The minimum atomic E-state index is -0.0718. The van der Waals surface area contributed by atoms with Crippen LogP contribution in [0.25, 0.3) is 5.70 Å². The van der Waals surface area contributed by atoms with E-state index in [0.29, 0.717) is 6.04 Å². The Bertz CT molecular complexity index is 892. The first kappa shape index (κ1) is 19.9. The molecule has 29 heavy (non-hydrogen) atoms. The molecule has 152 valence electrons. The number of hydrogen-bond acceptors (Lipinski definition) is 3. The SMILES string of the molecule is CC1(C)Cc2ccc(CNC3CCCCC3)cc2C(=CC(=O)c2ccccc2)N1. The van der Waals surface area contributed by atoms with Crippen LogP contribution in [0, 0.1) is 0 Å². The van der Waals surface area contributed by atoms with E-state index < -0.39 is 0 Å². The predicted octanol–water partition coefficient (Wildman–Crippen LogP) is 5.26. The van der Waals surface area contributed by atoms with Crippen LogP contribution >= 0.6 is 0 Å². The van der Waals surface area contributed by atoms with Gasteiger partial charge in [0, 0.05) is 41.0 Å². The van der Waals surface area contributed by atoms with Gasteiger partial charge in [-0.25, -0.2) is 0 Å². The molecular weight excluding hydrogens is 356 g/mol. The minimum absolute atomic E-state index is 0.0440. The molecule has 1 saturated carbocycles. The molecule has 2 aliphatic rings. The maximum atomic E-state index is 12.8.